The Balaban J connectivity index is 1.95. The fourth-order valence-corrected chi connectivity index (χ4v) is 1.78. The summed E-state index contributed by atoms with van der Waals surface area (Å²) in [6.07, 6.45) is 5.24. The van der Waals surface area contributed by atoms with E-state index in [1.165, 1.54) is 25.5 Å². The molecule has 3 nitrogen and oxygen atoms in total. The van der Waals surface area contributed by atoms with Crippen LogP contribution in [0.1, 0.15) is 19.3 Å². The van der Waals surface area contributed by atoms with Crippen molar-refractivity contribution in [2.45, 2.75) is 19.3 Å². The Labute approximate surface area is 74.5 Å². The molecule has 1 aliphatic carbocycles. The molecule has 72 valence electrons. The smallest absolute Gasteiger partial charge is 0.148 e. The molecule has 1 N–H and O–H groups in total. The standard InChI is InChI=1S/C8H17NO2S/c1-12(10,11)6-5-9-7-8-3-2-4-8/h8-9H,2-7H2,1H3. The number of sulfone groups is 1. The first-order valence-electron chi connectivity index (χ1n) is 4.46. The van der Waals surface area contributed by atoms with Crippen LogP contribution >= 0.6 is 0 Å². The van der Waals surface area contributed by atoms with Crippen molar-refractivity contribution in [2.24, 2.45) is 5.92 Å². The maximum Gasteiger partial charge on any atom is 0.148 e. The summed E-state index contributed by atoms with van der Waals surface area (Å²) >= 11 is 0. The van der Waals surface area contributed by atoms with Crippen LogP contribution in [0.15, 0.2) is 0 Å². The quantitative estimate of drug-likeness (QED) is 0.641. The van der Waals surface area contributed by atoms with Crippen LogP contribution in [0.25, 0.3) is 0 Å². The van der Waals surface area contributed by atoms with E-state index in [4.69, 9.17) is 0 Å². The fourth-order valence-electron chi connectivity index (χ4n) is 1.26. The highest BCUT2D eigenvalue weighted by molar-refractivity contribution is 7.90. The highest BCUT2D eigenvalue weighted by Crippen LogP contribution is 2.24. The Hall–Kier alpha value is -0.0900. The molecule has 0 heterocycles. The third kappa shape index (κ3) is 4.07. The first kappa shape index (κ1) is 9.99. The number of rotatable bonds is 5. The van der Waals surface area contributed by atoms with Gasteiger partial charge in [-0.15, -0.1) is 0 Å². The second kappa shape index (κ2) is 4.23. The molecule has 0 aromatic rings. The number of hydrogen-bond donors (Lipinski definition) is 1. The van der Waals surface area contributed by atoms with E-state index in [9.17, 15) is 8.42 Å². The lowest BCUT2D eigenvalue weighted by Gasteiger charge is -2.25. The first-order valence-corrected chi connectivity index (χ1v) is 6.52. The van der Waals surface area contributed by atoms with Crippen LogP contribution in [0.2, 0.25) is 0 Å². The van der Waals surface area contributed by atoms with Gasteiger partial charge < -0.3 is 5.32 Å². The zero-order valence-electron chi connectivity index (χ0n) is 7.54. The summed E-state index contributed by atoms with van der Waals surface area (Å²) in [6.45, 7) is 1.60. The summed E-state index contributed by atoms with van der Waals surface area (Å²) in [7, 11) is -2.77. The molecule has 12 heavy (non-hydrogen) atoms. The second-order valence-electron chi connectivity index (χ2n) is 3.63. The van der Waals surface area contributed by atoms with E-state index < -0.39 is 9.84 Å². The van der Waals surface area contributed by atoms with Gasteiger partial charge in [-0.3, -0.25) is 0 Å². The van der Waals surface area contributed by atoms with Crippen LogP contribution in [0.4, 0.5) is 0 Å². The van der Waals surface area contributed by atoms with Gasteiger partial charge in [-0.2, -0.15) is 0 Å². The maximum atomic E-state index is 10.7. The fraction of sp³-hybridized carbons (Fsp3) is 1.00. The molecule has 1 aliphatic rings. The summed E-state index contributed by atoms with van der Waals surface area (Å²) in [4.78, 5) is 0. The first-order chi connectivity index (χ1) is 5.58. The number of nitrogens with one attached hydrogen (secondary N) is 1. The van der Waals surface area contributed by atoms with Gasteiger partial charge in [0, 0.05) is 12.8 Å². The van der Waals surface area contributed by atoms with Crippen LogP contribution in [-0.4, -0.2) is 33.5 Å². The largest absolute Gasteiger partial charge is 0.315 e. The van der Waals surface area contributed by atoms with E-state index in [-0.39, 0.29) is 5.75 Å². The van der Waals surface area contributed by atoms with Crippen molar-refractivity contribution in [1.82, 2.24) is 5.32 Å². The number of hydrogen-bond acceptors (Lipinski definition) is 3. The molecule has 0 radical (unpaired) electrons. The third-order valence-corrected chi connectivity index (χ3v) is 3.25. The van der Waals surface area contributed by atoms with E-state index in [0.29, 0.717) is 6.54 Å². The molecule has 0 bridgehead atoms. The van der Waals surface area contributed by atoms with Crippen LogP contribution in [-0.2, 0) is 9.84 Å². The minimum Gasteiger partial charge on any atom is -0.315 e. The van der Waals surface area contributed by atoms with Gasteiger partial charge in [0.1, 0.15) is 9.84 Å². The average Bonchev–Trinajstić information content (AvgIpc) is 1.80. The van der Waals surface area contributed by atoms with Crippen LogP contribution in [0, 0.1) is 5.92 Å². The van der Waals surface area contributed by atoms with Gasteiger partial charge in [0.05, 0.1) is 5.75 Å². The van der Waals surface area contributed by atoms with Crippen molar-refractivity contribution in [3.63, 3.8) is 0 Å². The summed E-state index contributed by atoms with van der Waals surface area (Å²) < 4.78 is 21.4. The minimum absolute atomic E-state index is 0.264. The average molecular weight is 191 g/mol. The molecule has 1 fully saturated rings. The molecular weight excluding hydrogens is 174 g/mol. The van der Waals surface area contributed by atoms with Crippen LogP contribution in [0.3, 0.4) is 0 Å². The zero-order valence-corrected chi connectivity index (χ0v) is 8.36. The second-order valence-corrected chi connectivity index (χ2v) is 5.89. The summed E-state index contributed by atoms with van der Waals surface area (Å²) in [5.74, 6) is 1.07. The van der Waals surface area contributed by atoms with E-state index in [2.05, 4.69) is 5.32 Å². The van der Waals surface area contributed by atoms with Gasteiger partial charge in [0.25, 0.3) is 0 Å². The normalized spacial score (nSPS) is 19.1. The summed E-state index contributed by atoms with van der Waals surface area (Å²) in [5, 5.41) is 3.16. The van der Waals surface area contributed by atoms with Crippen molar-refractivity contribution in [3.05, 3.63) is 0 Å². The van der Waals surface area contributed by atoms with Crippen LogP contribution < -0.4 is 5.32 Å². The molecule has 1 rings (SSSR count). The van der Waals surface area contributed by atoms with E-state index in [1.807, 2.05) is 0 Å². The van der Waals surface area contributed by atoms with Crippen molar-refractivity contribution in [3.8, 4) is 0 Å². The lowest BCUT2D eigenvalue weighted by atomic mass is 9.85. The van der Waals surface area contributed by atoms with E-state index in [1.54, 1.807) is 0 Å². The third-order valence-electron chi connectivity index (χ3n) is 2.31. The zero-order chi connectivity index (χ0) is 9.03. The molecular formula is C8H17NO2S. The molecule has 0 saturated heterocycles. The molecule has 1 saturated carbocycles. The van der Waals surface area contributed by atoms with Gasteiger partial charge >= 0.3 is 0 Å². The Morgan fingerprint density at radius 1 is 1.42 bits per heavy atom. The van der Waals surface area contributed by atoms with Crippen molar-refractivity contribution < 1.29 is 8.42 Å². The molecule has 0 aromatic heterocycles. The van der Waals surface area contributed by atoms with Gasteiger partial charge in [-0.05, 0) is 25.3 Å². The predicted molar refractivity (Wildman–Crippen MR) is 49.9 cm³/mol. The van der Waals surface area contributed by atoms with E-state index in [0.717, 1.165) is 12.5 Å². The highest BCUT2D eigenvalue weighted by Gasteiger charge is 2.16. The van der Waals surface area contributed by atoms with Gasteiger partial charge in [0.2, 0.25) is 0 Å². The predicted octanol–water partition coefficient (Wildman–Crippen LogP) is 0.421. The SMILES string of the molecule is CS(=O)(=O)CCNCC1CCC1. The molecule has 0 amide bonds. The van der Waals surface area contributed by atoms with Crippen molar-refractivity contribution >= 4 is 9.84 Å². The molecule has 0 aliphatic heterocycles. The monoisotopic (exact) mass is 191 g/mol. The highest BCUT2D eigenvalue weighted by atomic mass is 32.2. The van der Waals surface area contributed by atoms with Gasteiger partial charge in [0.15, 0.2) is 0 Å². The molecule has 0 unspecified atom stereocenters. The Bertz CT molecular complexity index is 219. The molecule has 0 spiro atoms. The summed E-state index contributed by atoms with van der Waals surface area (Å²) in [6, 6.07) is 0. The Kier molecular flexibility index (Phi) is 3.53. The lowest BCUT2D eigenvalue weighted by Crippen LogP contribution is -2.30. The molecule has 0 aromatic carbocycles. The van der Waals surface area contributed by atoms with Crippen molar-refractivity contribution in [1.29, 1.82) is 0 Å². The molecule has 0 atom stereocenters. The Morgan fingerprint density at radius 2 is 2.08 bits per heavy atom. The van der Waals surface area contributed by atoms with Gasteiger partial charge in [-0.1, -0.05) is 6.42 Å². The summed E-state index contributed by atoms with van der Waals surface area (Å²) in [5.41, 5.74) is 0. The van der Waals surface area contributed by atoms with Crippen LogP contribution in [0.5, 0.6) is 0 Å². The van der Waals surface area contributed by atoms with Gasteiger partial charge in [-0.25, -0.2) is 8.42 Å². The van der Waals surface area contributed by atoms with E-state index >= 15 is 0 Å². The van der Waals surface area contributed by atoms with Crippen molar-refractivity contribution in [2.75, 3.05) is 25.1 Å². The maximum absolute atomic E-state index is 10.7. The topological polar surface area (TPSA) is 46.2 Å². The minimum atomic E-state index is -2.77. The Morgan fingerprint density at radius 3 is 2.50 bits per heavy atom. The lowest BCUT2D eigenvalue weighted by molar-refractivity contribution is 0.304. The molecule has 4 heteroatoms.